The van der Waals surface area contributed by atoms with Gasteiger partial charge >= 0.3 is 0 Å². The van der Waals surface area contributed by atoms with E-state index in [1.165, 1.54) is 44.5 Å². The van der Waals surface area contributed by atoms with Crippen LogP contribution < -0.4 is 0 Å². The Morgan fingerprint density at radius 3 is 2.47 bits per heavy atom. The van der Waals surface area contributed by atoms with Crippen LogP contribution in [0, 0.1) is 11.6 Å². The van der Waals surface area contributed by atoms with Gasteiger partial charge < -0.3 is 0 Å². The Labute approximate surface area is 100 Å². The number of halogens is 2. The molecular weight excluding hydrogens is 220 g/mol. The van der Waals surface area contributed by atoms with Crippen LogP contribution in [0.2, 0.25) is 0 Å². The molecule has 1 aromatic carbocycles. The number of rotatable bonds is 2. The van der Waals surface area contributed by atoms with Crippen molar-refractivity contribution >= 4 is 0 Å². The monoisotopic (exact) mass is 237 g/mol. The second kappa shape index (κ2) is 4.37. The second-order valence-corrected chi connectivity index (χ2v) is 5.18. The molecule has 92 valence electrons. The lowest BCUT2D eigenvalue weighted by Crippen LogP contribution is -2.32. The first kappa shape index (κ1) is 11.1. The molecule has 0 aromatic heterocycles. The van der Waals surface area contributed by atoms with Crippen LogP contribution in [0.25, 0.3) is 0 Å². The highest BCUT2D eigenvalue weighted by Gasteiger charge is 2.42. The van der Waals surface area contributed by atoms with E-state index in [1.54, 1.807) is 6.07 Å². The third kappa shape index (κ3) is 2.21. The molecule has 1 aromatic rings. The van der Waals surface area contributed by atoms with Crippen LogP contribution in [-0.4, -0.2) is 24.0 Å². The highest BCUT2D eigenvalue weighted by molar-refractivity contribution is 5.29. The summed E-state index contributed by atoms with van der Waals surface area (Å²) in [7, 11) is 0. The van der Waals surface area contributed by atoms with E-state index in [0.29, 0.717) is 12.0 Å². The molecular formula is C14H17F2N. The maximum absolute atomic E-state index is 13.1. The Morgan fingerprint density at radius 2 is 1.76 bits per heavy atom. The molecule has 3 rings (SSSR count). The first-order valence-electron chi connectivity index (χ1n) is 6.45. The Morgan fingerprint density at radius 1 is 1.00 bits per heavy atom. The molecule has 2 unspecified atom stereocenters. The van der Waals surface area contributed by atoms with Gasteiger partial charge in [0.1, 0.15) is 0 Å². The summed E-state index contributed by atoms with van der Waals surface area (Å²) in [5, 5.41) is 0. The topological polar surface area (TPSA) is 3.24 Å². The molecule has 1 nitrogen and oxygen atoms in total. The van der Waals surface area contributed by atoms with Crippen molar-refractivity contribution in [3.05, 3.63) is 35.4 Å². The summed E-state index contributed by atoms with van der Waals surface area (Å²) >= 11 is 0. The summed E-state index contributed by atoms with van der Waals surface area (Å²) < 4.78 is 26.0. The van der Waals surface area contributed by atoms with E-state index in [1.807, 2.05) is 0 Å². The zero-order chi connectivity index (χ0) is 11.8. The van der Waals surface area contributed by atoms with Crippen molar-refractivity contribution in [3.63, 3.8) is 0 Å². The smallest absolute Gasteiger partial charge is 0.159 e. The van der Waals surface area contributed by atoms with Gasteiger partial charge in [-0.2, -0.15) is 0 Å². The van der Waals surface area contributed by atoms with Crippen LogP contribution >= 0.6 is 0 Å². The molecule has 1 aliphatic heterocycles. The highest BCUT2D eigenvalue weighted by atomic mass is 19.2. The molecule has 1 saturated heterocycles. The molecule has 0 N–H and O–H groups in total. The fraction of sp³-hybridized carbons (Fsp3) is 0.571. The third-order valence-electron chi connectivity index (χ3n) is 3.99. The van der Waals surface area contributed by atoms with E-state index < -0.39 is 11.6 Å². The number of benzene rings is 1. The van der Waals surface area contributed by atoms with E-state index in [2.05, 4.69) is 4.90 Å². The van der Waals surface area contributed by atoms with Gasteiger partial charge in [0, 0.05) is 12.0 Å². The summed E-state index contributed by atoms with van der Waals surface area (Å²) in [5.74, 6) is -1.04. The SMILES string of the molecule is Fc1ccc(C2CC2N2CCCCC2)cc1F. The Kier molecular flexibility index (Phi) is 2.87. The van der Waals surface area contributed by atoms with Gasteiger partial charge in [-0.1, -0.05) is 12.5 Å². The Hall–Kier alpha value is -0.960. The van der Waals surface area contributed by atoms with Crippen molar-refractivity contribution < 1.29 is 8.78 Å². The van der Waals surface area contributed by atoms with Gasteiger partial charge in [0.25, 0.3) is 0 Å². The van der Waals surface area contributed by atoms with Crippen LogP contribution in [0.4, 0.5) is 8.78 Å². The predicted octanol–water partition coefficient (Wildman–Crippen LogP) is 3.31. The number of hydrogen-bond donors (Lipinski definition) is 0. The lowest BCUT2D eigenvalue weighted by molar-refractivity contribution is 0.216. The van der Waals surface area contributed by atoms with Crippen molar-refractivity contribution in [3.8, 4) is 0 Å². The van der Waals surface area contributed by atoms with Crippen molar-refractivity contribution in [2.24, 2.45) is 0 Å². The molecule has 0 spiro atoms. The minimum absolute atomic E-state index is 0.420. The van der Waals surface area contributed by atoms with Crippen molar-refractivity contribution in [1.29, 1.82) is 0 Å². The van der Waals surface area contributed by atoms with Gasteiger partial charge in [-0.25, -0.2) is 8.78 Å². The first-order valence-corrected chi connectivity index (χ1v) is 6.45. The molecule has 1 saturated carbocycles. The normalized spacial score (nSPS) is 29.3. The van der Waals surface area contributed by atoms with Gasteiger partial charge in [0.05, 0.1) is 0 Å². The van der Waals surface area contributed by atoms with Crippen molar-refractivity contribution in [2.45, 2.75) is 37.6 Å². The Balaban J connectivity index is 1.68. The average molecular weight is 237 g/mol. The van der Waals surface area contributed by atoms with Gasteiger partial charge in [-0.15, -0.1) is 0 Å². The molecule has 0 radical (unpaired) electrons. The number of hydrogen-bond acceptors (Lipinski definition) is 1. The molecule has 2 aliphatic rings. The molecule has 1 aliphatic carbocycles. The van der Waals surface area contributed by atoms with Gasteiger partial charge in [-0.3, -0.25) is 4.90 Å². The van der Waals surface area contributed by atoms with Gasteiger partial charge in [0.15, 0.2) is 11.6 Å². The summed E-state index contributed by atoms with van der Waals surface area (Å²) in [6, 6.07) is 4.91. The standard InChI is InChI=1S/C14H17F2N/c15-12-5-4-10(8-13(12)16)11-9-14(11)17-6-2-1-3-7-17/h4-5,8,11,14H,1-3,6-7,9H2. The molecule has 0 amide bonds. The minimum atomic E-state index is -0.746. The van der Waals surface area contributed by atoms with E-state index in [4.69, 9.17) is 0 Å². The number of nitrogens with zero attached hydrogens (tertiary/aromatic N) is 1. The summed E-state index contributed by atoms with van der Waals surface area (Å²) in [6.07, 6.45) is 4.99. The summed E-state index contributed by atoms with van der Waals surface area (Å²) in [5.41, 5.74) is 0.958. The van der Waals surface area contributed by atoms with E-state index in [9.17, 15) is 8.78 Å². The van der Waals surface area contributed by atoms with Crippen LogP contribution in [-0.2, 0) is 0 Å². The van der Waals surface area contributed by atoms with Crippen molar-refractivity contribution in [2.75, 3.05) is 13.1 Å². The van der Waals surface area contributed by atoms with Gasteiger partial charge in [-0.05, 0) is 50.0 Å². The van der Waals surface area contributed by atoms with Crippen LogP contribution in [0.5, 0.6) is 0 Å². The lowest BCUT2D eigenvalue weighted by Gasteiger charge is -2.26. The average Bonchev–Trinajstić information content (AvgIpc) is 3.14. The molecule has 0 bridgehead atoms. The zero-order valence-corrected chi connectivity index (χ0v) is 9.83. The van der Waals surface area contributed by atoms with Crippen molar-refractivity contribution in [1.82, 2.24) is 4.90 Å². The van der Waals surface area contributed by atoms with E-state index >= 15 is 0 Å². The molecule has 2 atom stereocenters. The van der Waals surface area contributed by atoms with Crippen LogP contribution in [0.1, 0.15) is 37.2 Å². The largest absolute Gasteiger partial charge is 0.300 e. The molecule has 17 heavy (non-hydrogen) atoms. The number of piperidine rings is 1. The van der Waals surface area contributed by atoms with Gasteiger partial charge in [0.2, 0.25) is 0 Å². The first-order chi connectivity index (χ1) is 8.25. The third-order valence-corrected chi connectivity index (χ3v) is 3.99. The summed E-state index contributed by atoms with van der Waals surface area (Å²) in [4.78, 5) is 2.51. The quantitative estimate of drug-likeness (QED) is 0.762. The minimum Gasteiger partial charge on any atom is -0.300 e. The zero-order valence-electron chi connectivity index (χ0n) is 9.83. The summed E-state index contributed by atoms with van der Waals surface area (Å²) in [6.45, 7) is 2.34. The van der Waals surface area contributed by atoms with Crippen LogP contribution in [0.3, 0.4) is 0 Å². The molecule has 2 fully saturated rings. The van der Waals surface area contributed by atoms with E-state index in [0.717, 1.165) is 12.0 Å². The maximum Gasteiger partial charge on any atom is 0.159 e. The fourth-order valence-corrected chi connectivity index (χ4v) is 2.94. The lowest BCUT2D eigenvalue weighted by atomic mass is 10.1. The van der Waals surface area contributed by atoms with Crippen LogP contribution in [0.15, 0.2) is 18.2 Å². The highest BCUT2D eigenvalue weighted by Crippen LogP contribution is 2.45. The van der Waals surface area contributed by atoms with E-state index in [-0.39, 0.29) is 0 Å². The molecule has 1 heterocycles. The fourth-order valence-electron chi connectivity index (χ4n) is 2.94. The second-order valence-electron chi connectivity index (χ2n) is 5.18. The molecule has 3 heteroatoms. The Bertz CT molecular complexity index is 413. The number of likely N-dealkylation sites (tertiary alicyclic amines) is 1. The predicted molar refractivity (Wildman–Crippen MR) is 62.9 cm³/mol. The maximum atomic E-state index is 13.1.